The van der Waals surface area contributed by atoms with E-state index in [2.05, 4.69) is 5.32 Å². The fourth-order valence-corrected chi connectivity index (χ4v) is 3.01. The molecule has 3 nitrogen and oxygen atoms in total. The van der Waals surface area contributed by atoms with Gasteiger partial charge in [-0.3, -0.25) is 4.79 Å². The van der Waals surface area contributed by atoms with Crippen LogP contribution in [0.3, 0.4) is 0 Å². The zero-order valence-corrected chi connectivity index (χ0v) is 13.3. The summed E-state index contributed by atoms with van der Waals surface area (Å²) < 4.78 is 0. The van der Waals surface area contributed by atoms with Crippen LogP contribution >= 0.6 is 35.6 Å². The highest BCUT2D eigenvalue weighted by Gasteiger charge is 2.45. The second-order valence-corrected chi connectivity index (χ2v) is 6.01. The molecule has 20 heavy (non-hydrogen) atoms. The Labute approximate surface area is 135 Å². The van der Waals surface area contributed by atoms with Gasteiger partial charge >= 0.3 is 0 Å². The molecule has 0 aromatic heterocycles. The van der Waals surface area contributed by atoms with Gasteiger partial charge in [0.05, 0.1) is 10.0 Å². The van der Waals surface area contributed by atoms with Gasteiger partial charge in [0.25, 0.3) is 0 Å². The molecule has 1 aromatic carbocycles. The zero-order valence-electron chi connectivity index (χ0n) is 10.9. The number of amides is 1. The number of carbonyl (C=O) groups excluding carboxylic acids is 1. The largest absolute Gasteiger partial charge is 0.340 e. The summed E-state index contributed by atoms with van der Waals surface area (Å²) in [6.45, 7) is 3.44. The molecular formula is C14H17Cl3N2O. The highest BCUT2D eigenvalue weighted by atomic mass is 35.5. The van der Waals surface area contributed by atoms with Crippen LogP contribution in [0, 0.1) is 5.92 Å². The van der Waals surface area contributed by atoms with Gasteiger partial charge < -0.3 is 10.2 Å². The third-order valence-corrected chi connectivity index (χ3v) is 4.65. The zero-order chi connectivity index (χ0) is 13.4. The number of hydrogen-bond acceptors (Lipinski definition) is 2. The van der Waals surface area contributed by atoms with Crippen LogP contribution in [-0.4, -0.2) is 37.0 Å². The van der Waals surface area contributed by atoms with Crippen molar-refractivity contribution < 1.29 is 4.79 Å². The van der Waals surface area contributed by atoms with E-state index in [0.29, 0.717) is 16.0 Å². The molecule has 6 heteroatoms. The Kier molecular flexibility index (Phi) is 5.19. The second-order valence-electron chi connectivity index (χ2n) is 5.20. The molecule has 110 valence electrons. The first-order chi connectivity index (χ1) is 9.16. The Hall–Kier alpha value is -0.480. The molecule has 2 fully saturated rings. The van der Waals surface area contributed by atoms with Crippen molar-refractivity contribution in [2.45, 2.75) is 12.3 Å². The summed E-state index contributed by atoms with van der Waals surface area (Å²) >= 11 is 11.9. The van der Waals surface area contributed by atoms with E-state index in [9.17, 15) is 4.79 Å². The van der Waals surface area contributed by atoms with Gasteiger partial charge in [-0.2, -0.15) is 0 Å². The molecular weight excluding hydrogens is 319 g/mol. The van der Waals surface area contributed by atoms with Crippen molar-refractivity contribution in [1.82, 2.24) is 10.2 Å². The van der Waals surface area contributed by atoms with Gasteiger partial charge in [0, 0.05) is 32.1 Å². The summed E-state index contributed by atoms with van der Waals surface area (Å²) in [5.74, 6) is 0.741. The third kappa shape index (κ3) is 3.22. The van der Waals surface area contributed by atoms with Crippen molar-refractivity contribution in [2.75, 3.05) is 26.2 Å². The molecule has 1 N–H and O–H groups in total. The molecule has 2 unspecified atom stereocenters. The molecule has 0 bridgehead atoms. The standard InChI is InChI=1S/C14H16Cl2N2O.ClH/c15-12-2-1-9(7-13(12)16)10-8-11(10)14(19)18-5-3-17-4-6-18;/h1-2,7,10-11,17H,3-6,8H2;1H. The fourth-order valence-electron chi connectivity index (χ4n) is 2.70. The number of carbonyl (C=O) groups is 1. The minimum atomic E-state index is 0. The van der Waals surface area contributed by atoms with Crippen LogP contribution in [0.15, 0.2) is 18.2 Å². The maximum atomic E-state index is 12.3. The first kappa shape index (κ1) is 15.9. The summed E-state index contributed by atoms with van der Waals surface area (Å²) in [5, 5.41) is 4.39. The molecule has 1 saturated heterocycles. The third-order valence-electron chi connectivity index (χ3n) is 3.91. The van der Waals surface area contributed by atoms with Crippen molar-refractivity contribution in [3.63, 3.8) is 0 Å². The number of hydrogen-bond donors (Lipinski definition) is 1. The van der Waals surface area contributed by atoms with Gasteiger partial charge in [-0.25, -0.2) is 0 Å². The normalized spacial score (nSPS) is 25.0. The highest BCUT2D eigenvalue weighted by molar-refractivity contribution is 6.42. The van der Waals surface area contributed by atoms with Crippen molar-refractivity contribution in [1.29, 1.82) is 0 Å². The highest BCUT2D eigenvalue weighted by Crippen LogP contribution is 2.49. The van der Waals surface area contributed by atoms with Crippen LogP contribution in [0.5, 0.6) is 0 Å². The molecule has 1 heterocycles. The summed E-state index contributed by atoms with van der Waals surface area (Å²) in [6, 6.07) is 5.67. The van der Waals surface area contributed by atoms with E-state index in [4.69, 9.17) is 23.2 Å². The van der Waals surface area contributed by atoms with Crippen LogP contribution in [-0.2, 0) is 4.79 Å². The molecule has 0 spiro atoms. The molecule has 1 aliphatic carbocycles. The van der Waals surface area contributed by atoms with Gasteiger partial charge in [0.1, 0.15) is 0 Å². The summed E-state index contributed by atoms with van der Waals surface area (Å²) in [6.07, 6.45) is 0.931. The van der Waals surface area contributed by atoms with Gasteiger partial charge in [0.15, 0.2) is 0 Å². The average Bonchev–Trinajstić information content (AvgIpc) is 3.22. The Morgan fingerprint density at radius 3 is 2.55 bits per heavy atom. The van der Waals surface area contributed by atoms with Gasteiger partial charge in [-0.1, -0.05) is 29.3 Å². The minimum Gasteiger partial charge on any atom is -0.340 e. The van der Waals surface area contributed by atoms with Crippen molar-refractivity contribution in [3.8, 4) is 0 Å². The summed E-state index contributed by atoms with van der Waals surface area (Å²) in [7, 11) is 0. The van der Waals surface area contributed by atoms with Gasteiger partial charge in [-0.15, -0.1) is 12.4 Å². The van der Waals surface area contributed by atoms with Crippen LogP contribution < -0.4 is 5.32 Å². The van der Waals surface area contributed by atoms with E-state index in [1.54, 1.807) is 0 Å². The van der Waals surface area contributed by atoms with Crippen molar-refractivity contribution >= 4 is 41.5 Å². The van der Waals surface area contributed by atoms with Crippen LogP contribution in [0.25, 0.3) is 0 Å². The molecule has 2 atom stereocenters. The van der Waals surface area contributed by atoms with Crippen molar-refractivity contribution in [3.05, 3.63) is 33.8 Å². The predicted molar refractivity (Wildman–Crippen MR) is 84.0 cm³/mol. The molecule has 2 aliphatic rings. The molecule has 1 saturated carbocycles. The number of halogens is 3. The first-order valence-electron chi connectivity index (χ1n) is 6.61. The fraction of sp³-hybridized carbons (Fsp3) is 0.500. The van der Waals surface area contributed by atoms with Crippen LogP contribution in [0.2, 0.25) is 10.0 Å². The quantitative estimate of drug-likeness (QED) is 0.901. The minimum absolute atomic E-state index is 0. The number of benzene rings is 1. The topological polar surface area (TPSA) is 32.3 Å². The summed E-state index contributed by atoms with van der Waals surface area (Å²) in [4.78, 5) is 14.3. The lowest BCUT2D eigenvalue weighted by Gasteiger charge is -2.27. The number of nitrogens with zero attached hydrogens (tertiary/aromatic N) is 1. The monoisotopic (exact) mass is 334 g/mol. The lowest BCUT2D eigenvalue weighted by Crippen LogP contribution is -2.47. The molecule has 1 aliphatic heterocycles. The van der Waals surface area contributed by atoms with Gasteiger partial charge in [-0.05, 0) is 30.0 Å². The van der Waals surface area contributed by atoms with Gasteiger partial charge in [0.2, 0.25) is 5.91 Å². The number of nitrogens with one attached hydrogen (secondary N) is 1. The number of rotatable bonds is 2. The van der Waals surface area contributed by atoms with Crippen molar-refractivity contribution in [2.24, 2.45) is 5.92 Å². The summed E-state index contributed by atoms with van der Waals surface area (Å²) in [5.41, 5.74) is 1.13. The second kappa shape index (κ2) is 6.52. The average molecular weight is 336 g/mol. The smallest absolute Gasteiger partial charge is 0.226 e. The Morgan fingerprint density at radius 1 is 1.20 bits per heavy atom. The van der Waals surface area contributed by atoms with E-state index in [-0.39, 0.29) is 24.2 Å². The Morgan fingerprint density at radius 2 is 1.90 bits per heavy atom. The lowest BCUT2D eigenvalue weighted by atomic mass is 10.1. The molecule has 1 amide bonds. The van der Waals surface area contributed by atoms with Crippen LogP contribution in [0.4, 0.5) is 0 Å². The molecule has 3 rings (SSSR count). The molecule has 0 radical (unpaired) electrons. The van der Waals surface area contributed by atoms with E-state index < -0.39 is 0 Å². The SMILES string of the molecule is Cl.O=C(C1CC1c1ccc(Cl)c(Cl)c1)N1CCNCC1. The van der Waals surface area contributed by atoms with E-state index in [1.807, 2.05) is 23.1 Å². The maximum absolute atomic E-state index is 12.3. The van der Waals surface area contributed by atoms with E-state index in [0.717, 1.165) is 38.2 Å². The van der Waals surface area contributed by atoms with E-state index in [1.165, 1.54) is 0 Å². The van der Waals surface area contributed by atoms with E-state index >= 15 is 0 Å². The molecule has 1 aromatic rings. The Balaban J connectivity index is 0.00000147. The number of piperazine rings is 1. The predicted octanol–water partition coefficient (Wildman–Crippen LogP) is 2.95. The van der Waals surface area contributed by atoms with Crippen LogP contribution in [0.1, 0.15) is 17.9 Å². The first-order valence-corrected chi connectivity index (χ1v) is 7.37. The lowest BCUT2D eigenvalue weighted by molar-refractivity contribution is -0.133. The maximum Gasteiger partial charge on any atom is 0.226 e. The Bertz CT molecular complexity index is 503.